The van der Waals surface area contributed by atoms with Crippen LogP contribution in [0.3, 0.4) is 0 Å². The van der Waals surface area contributed by atoms with Gasteiger partial charge in [0.15, 0.2) is 0 Å². The second-order valence-corrected chi connectivity index (χ2v) is 1.39. The number of rotatable bonds is 1. The standard InChI is InChI=1S/C3H9NO/c1-3(2)4-5/h3-5H,1-2H3/p+1. The molecule has 0 aromatic carbocycles. The fraction of sp³-hybridized carbons (Fsp3) is 1.00. The zero-order valence-electron chi connectivity index (χ0n) is 3.60. The molecule has 0 saturated heterocycles. The molecule has 5 heavy (non-hydrogen) atoms. The zero-order chi connectivity index (χ0) is 4.28. The quantitative estimate of drug-likeness (QED) is 0.400. The van der Waals surface area contributed by atoms with Gasteiger partial charge < -0.3 is 0 Å². The van der Waals surface area contributed by atoms with Crippen molar-refractivity contribution < 1.29 is 10.7 Å². The summed E-state index contributed by atoms with van der Waals surface area (Å²) in [6.45, 7) is 3.83. The Labute approximate surface area is 31.8 Å². The van der Waals surface area contributed by atoms with Gasteiger partial charge in [0.05, 0.1) is 0 Å². The van der Waals surface area contributed by atoms with Gasteiger partial charge in [-0.3, -0.25) is 0 Å². The van der Waals surface area contributed by atoms with Gasteiger partial charge in [-0.1, -0.05) is 0 Å². The van der Waals surface area contributed by atoms with Crippen molar-refractivity contribution in [2.24, 2.45) is 0 Å². The lowest BCUT2D eigenvalue weighted by Gasteiger charge is -1.88. The Bertz CT molecular complexity index is 20.9. The highest BCUT2D eigenvalue weighted by Crippen LogP contribution is 1.55. The van der Waals surface area contributed by atoms with Gasteiger partial charge in [-0.05, 0) is 13.8 Å². The van der Waals surface area contributed by atoms with Gasteiger partial charge in [-0.15, -0.1) is 0 Å². The molecule has 2 nitrogen and oxygen atoms in total. The van der Waals surface area contributed by atoms with Crippen LogP contribution in [-0.2, 0) is 0 Å². The lowest BCUT2D eigenvalue weighted by Crippen LogP contribution is -2.85. The van der Waals surface area contributed by atoms with Crippen LogP contribution in [0.25, 0.3) is 0 Å². The third kappa shape index (κ3) is 3.92. The Morgan fingerprint density at radius 1 is 1.60 bits per heavy atom. The van der Waals surface area contributed by atoms with Crippen molar-refractivity contribution in [1.82, 2.24) is 0 Å². The van der Waals surface area contributed by atoms with Crippen LogP contribution in [0.5, 0.6) is 0 Å². The van der Waals surface area contributed by atoms with E-state index in [1.54, 1.807) is 0 Å². The maximum atomic E-state index is 8.02. The largest absolute Gasteiger partial charge is 0.220 e. The smallest absolute Gasteiger partial charge is 0.110 e. The van der Waals surface area contributed by atoms with Crippen LogP contribution < -0.4 is 5.48 Å². The van der Waals surface area contributed by atoms with Crippen molar-refractivity contribution in [2.45, 2.75) is 19.9 Å². The summed E-state index contributed by atoms with van der Waals surface area (Å²) in [6, 6.07) is 0.315. The first kappa shape index (κ1) is 4.92. The summed E-state index contributed by atoms with van der Waals surface area (Å²) in [6.07, 6.45) is 0. The van der Waals surface area contributed by atoms with E-state index in [9.17, 15) is 0 Å². The van der Waals surface area contributed by atoms with Crippen LogP contribution in [-0.4, -0.2) is 11.2 Å². The highest BCUT2D eigenvalue weighted by molar-refractivity contribution is 4.18. The van der Waals surface area contributed by atoms with Gasteiger partial charge in [-0.25, -0.2) is 10.7 Å². The number of hydrogen-bond donors (Lipinski definition) is 2. The van der Waals surface area contributed by atoms with Gasteiger partial charge in [0.2, 0.25) is 0 Å². The number of hydroxylamine groups is 1. The SMILES string of the molecule is CC(C)[NH2+]O. The van der Waals surface area contributed by atoms with E-state index in [0.29, 0.717) is 6.04 Å². The lowest BCUT2D eigenvalue weighted by atomic mass is 10.4. The molecular formula is C3H10NO+. The lowest BCUT2D eigenvalue weighted by molar-refractivity contribution is -0.906. The van der Waals surface area contributed by atoms with Gasteiger partial charge >= 0.3 is 0 Å². The average molecular weight is 76.1 g/mol. The minimum atomic E-state index is 0.315. The molecule has 3 N–H and O–H groups in total. The highest BCUT2D eigenvalue weighted by Gasteiger charge is 1.84. The summed E-state index contributed by atoms with van der Waals surface area (Å²) in [5.41, 5.74) is 1.17. The highest BCUT2D eigenvalue weighted by atomic mass is 16.5. The summed E-state index contributed by atoms with van der Waals surface area (Å²) in [5, 5.41) is 8.02. The molecule has 0 atom stereocenters. The summed E-state index contributed by atoms with van der Waals surface area (Å²) in [7, 11) is 0. The number of quaternary nitrogens is 1. The summed E-state index contributed by atoms with van der Waals surface area (Å²) < 4.78 is 0. The molecule has 2 heteroatoms. The molecular weight excluding hydrogens is 66.0 g/mol. The topological polar surface area (TPSA) is 36.8 Å². The first-order valence-corrected chi connectivity index (χ1v) is 1.75. The van der Waals surface area contributed by atoms with E-state index in [1.165, 1.54) is 5.48 Å². The third-order valence-corrected chi connectivity index (χ3v) is 0.298. The van der Waals surface area contributed by atoms with Gasteiger partial charge in [0.25, 0.3) is 0 Å². The van der Waals surface area contributed by atoms with E-state index in [-0.39, 0.29) is 0 Å². The molecule has 0 aromatic heterocycles. The zero-order valence-corrected chi connectivity index (χ0v) is 3.60. The molecule has 0 bridgehead atoms. The molecule has 0 radical (unpaired) electrons. The normalized spacial score (nSPS) is 9.60. The third-order valence-electron chi connectivity index (χ3n) is 0.298. The van der Waals surface area contributed by atoms with Crippen molar-refractivity contribution in [3.63, 3.8) is 0 Å². The molecule has 0 aromatic rings. The second kappa shape index (κ2) is 2.18. The van der Waals surface area contributed by atoms with Crippen molar-refractivity contribution in [1.29, 1.82) is 0 Å². The first-order chi connectivity index (χ1) is 2.27. The van der Waals surface area contributed by atoms with Crippen LogP contribution in [0.2, 0.25) is 0 Å². The van der Waals surface area contributed by atoms with Crippen molar-refractivity contribution in [2.75, 3.05) is 0 Å². The van der Waals surface area contributed by atoms with E-state index in [4.69, 9.17) is 5.21 Å². The molecule has 0 unspecified atom stereocenters. The maximum absolute atomic E-state index is 8.02. The van der Waals surface area contributed by atoms with Crippen molar-refractivity contribution >= 4 is 0 Å². The molecule has 0 amide bonds. The van der Waals surface area contributed by atoms with Crippen molar-refractivity contribution in [3.8, 4) is 0 Å². The maximum Gasteiger partial charge on any atom is 0.110 e. The van der Waals surface area contributed by atoms with E-state index in [2.05, 4.69) is 0 Å². The summed E-state index contributed by atoms with van der Waals surface area (Å²) in [4.78, 5) is 0. The van der Waals surface area contributed by atoms with Crippen LogP contribution in [0, 0.1) is 0 Å². The molecule has 0 saturated carbocycles. The Morgan fingerprint density at radius 3 is 1.80 bits per heavy atom. The summed E-state index contributed by atoms with van der Waals surface area (Å²) >= 11 is 0. The van der Waals surface area contributed by atoms with Gasteiger partial charge in [-0.2, -0.15) is 0 Å². The van der Waals surface area contributed by atoms with E-state index >= 15 is 0 Å². The van der Waals surface area contributed by atoms with E-state index in [0.717, 1.165) is 0 Å². The molecule has 0 fully saturated rings. The predicted molar refractivity (Wildman–Crippen MR) is 18.8 cm³/mol. The Morgan fingerprint density at radius 2 is 1.80 bits per heavy atom. The number of nitrogens with two attached hydrogens (primary N) is 1. The van der Waals surface area contributed by atoms with E-state index in [1.807, 2.05) is 13.8 Å². The van der Waals surface area contributed by atoms with Crippen LogP contribution in [0.15, 0.2) is 0 Å². The van der Waals surface area contributed by atoms with Crippen LogP contribution in [0.4, 0.5) is 0 Å². The minimum Gasteiger partial charge on any atom is -0.220 e. The first-order valence-electron chi connectivity index (χ1n) is 1.75. The molecule has 0 aliphatic carbocycles. The van der Waals surface area contributed by atoms with Crippen molar-refractivity contribution in [3.05, 3.63) is 0 Å². The predicted octanol–water partition coefficient (Wildman–Crippen LogP) is -0.653. The van der Waals surface area contributed by atoms with E-state index < -0.39 is 0 Å². The molecule has 0 spiro atoms. The Hall–Kier alpha value is -0.0800. The fourth-order valence-corrected chi connectivity index (χ4v) is 0. The fourth-order valence-electron chi connectivity index (χ4n) is 0. The Balaban J connectivity index is 2.54. The van der Waals surface area contributed by atoms with Crippen LogP contribution in [0.1, 0.15) is 13.8 Å². The average Bonchev–Trinajstić information content (AvgIpc) is 1.38. The molecule has 0 rings (SSSR count). The summed E-state index contributed by atoms with van der Waals surface area (Å²) in [5.74, 6) is 0. The van der Waals surface area contributed by atoms with Gasteiger partial charge in [0.1, 0.15) is 6.04 Å². The molecule has 32 valence electrons. The number of hydrogen-bond acceptors (Lipinski definition) is 1. The molecule has 0 aliphatic rings. The molecule has 0 heterocycles. The van der Waals surface area contributed by atoms with Crippen LogP contribution >= 0.6 is 0 Å². The second-order valence-electron chi connectivity index (χ2n) is 1.39. The monoisotopic (exact) mass is 76.1 g/mol. The molecule has 0 aliphatic heterocycles. The van der Waals surface area contributed by atoms with Gasteiger partial charge in [0, 0.05) is 0 Å². The Kier molecular flexibility index (Phi) is 2.14. The minimum absolute atomic E-state index is 0.315.